The molecule has 35 heavy (non-hydrogen) atoms. The van der Waals surface area contributed by atoms with Crippen molar-refractivity contribution in [3.63, 3.8) is 0 Å². The molecule has 5 heteroatoms. The van der Waals surface area contributed by atoms with Crippen molar-refractivity contribution >= 4 is 5.97 Å². The second-order valence-corrected chi connectivity index (χ2v) is 8.41. The first-order valence-electron chi connectivity index (χ1n) is 12.7. The highest BCUT2D eigenvalue weighted by Crippen LogP contribution is 2.18. The van der Waals surface area contributed by atoms with E-state index in [4.69, 9.17) is 18.9 Å². The molecule has 0 aliphatic carbocycles. The number of esters is 1. The monoisotopic (exact) mass is 480 g/mol. The van der Waals surface area contributed by atoms with Crippen molar-refractivity contribution in [1.29, 1.82) is 0 Å². The van der Waals surface area contributed by atoms with E-state index in [1.54, 1.807) is 24.3 Å². The van der Waals surface area contributed by atoms with Crippen molar-refractivity contribution in [2.24, 2.45) is 0 Å². The standard InChI is InChI=1S/C30H40O5/c1-3-32-23-12-10-8-6-5-7-9-11-13-24-34-28-20-16-27(17-21-28)30(31)35-29-18-14-26(15-19-29)22-25-33-4-2/h3-4,14-21H,1-2,5-13,22-25H2. The third-order valence-corrected chi connectivity index (χ3v) is 5.64. The molecule has 0 N–H and O–H groups in total. The molecule has 0 aliphatic rings. The fourth-order valence-corrected chi connectivity index (χ4v) is 3.64. The summed E-state index contributed by atoms with van der Waals surface area (Å²) >= 11 is 0. The highest BCUT2D eigenvalue weighted by molar-refractivity contribution is 5.91. The van der Waals surface area contributed by atoms with Gasteiger partial charge in [0.1, 0.15) is 11.5 Å². The normalized spacial score (nSPS) is 10.4. The third-order valence-electron chi connectivity index (χ3n) is 5.64. The van der Waals surface area contributed by atoms with Gasteiger partial charge in [-0.1, -0.05) is 70.2 Å². The Morgan fingerprint density at radius 2 is 1.14 bits per heavy atom. The Hall–Kier alpha value is -3.21. The molecule has 190 valence electrons. The second kappa shape index (κ2) is 18.2. The van der Waals surface area contributed by atoms with Crippen molar-refractivity contribution in [1.82, 2.24) is 0 Å². The van der Waals surface area contributed by atoms with Crippen LogP contribution < -0.4 is 9.47 Å². The van der Waals surface area contributed by atoms with Gasteiger partial charge >= 0.3 is 5.97 Å². The zero-order valence-electron chi connectivity index (χ0n) is 20.9. The van der Waals surface area contributed by atoms with Crippen molar-refractivity contribution in [2.75, 3.05) is 19.8 Å². The van der Waals surface area contributed by atoms with Gasteiger partial charge in [0.25, 0.3) is 0 Å². The lowest BCUT2D eigenvalue weighted by Crippen LogP contribution is -2.08. The van der Waals surface area contributed by atoms with E-state index in [2.05, 4.69) is 13.2 Å². The first-order valence-corrected chi connectivity index (χ1v) is 12.7. The molecular formula is C30H40O5. The number of ether oxygens (including phenoxy) is 4. The van der Waals surface area contributed by atoms with Crippen LogP contribution in [-0.4, -0.2) is 25.8 Å². The number of hydrogen-bond donors (Lipinski definition) is 0. The maximum Gasteiger partial charge on any atom is 0.343 e. The lowest BCUT2D eigenvalue weighted by molar-refractivity contribution is 0.0734. The highest BCUT2D eigenvalue weighted by atomic mass is 16.5. The summed E-state index contributed by atoms with van der Waals surface area (Å²) in [7, 11) is 0. The van der Waals surface area contributed by atoms with Gasteiger partial charge in [0.2, 0.25) is 0 Å². The largest absolute Gasteiger partial charge is 0.502 e. The van der Waals surface area contributed by atoms with Gasteiger partial charge in [-0.15, -0.1) is 0 Å². The van der Waals surface area contributed by atoms with Gasteiger partial charge in [-0.2, -0.15) is 0 Å². The second-order valence-electron chi connectivity index (χ2n) is 8.41. The lowest BCUT2D eigenvalue weighted by atomic mass is 10.1. The molecule has 0 saturated heterocycles. The van der Waals surface area contributed by atoms with Crippen LogP contribution in [0.4, 0.5) is 0 Å². The van der Waals surface area contributed by atoms with E-state index in [1.807, 2.05) is 24.3 Å². The Morgan fingerprint density at radius 1 is 0.629 bits per heavy atom. The van der Waals surface area contributed by atoms with Crippen LogP contribution in [0.15, 0.2) is 74.2 Å². The summed E-state index contributed by atoms with van der Waals surface area (Å²) in [6, 6.07) is 14.5. The summed E-state index contributed by atoms with van der Waals surface area (Å²) in [6.07, 6.45) is 14.7. The van der Waals surface area contributed by atoms with Gasteiger partial charge in [0, 0.05) is 6.42 Å². The SMILES string of the molecule is C=COCCCCCCCCCCCOc1ccc(C(=O)Oc2ccc(CCOC=C)cc2)cc1. The van der Waals surface area contributed by atoms with Crippen LogP contribution in [0.25, 0.3) is 0 Å². The first-order chi connectivity index (χ1) is 17.2. The topological polar surface area (TPSA) is 54.0 Å². The maximum atomic E-state index is 12.4. The summed E-state index contributed by atoms with van der Waals surface area (Å²) < 4.78 is 21.5. The number of unbranched alkanes of at least 4 members (excludes halogenated alkanes) is 8. The minimum absolute atomic E-state index is 0.385. The highest BCUT2D eigenvalue weighted by Gasteiger charge is 2.09. The molecule has 2 aromatic carbocycles. The number of benzene rings is 2. The zero-order valence-corrected chi connectivity index (χ0v) is 20.9. The van der Waals surface area contributed by atoms with Gasteiger partial charge in [0.15, 0.2) is 0 Å². The molecule has 2 aromatic rings. The van der Waals surface area contributed by atoms with Crippen LogP contribution in [0.3, 0.4) is 0 Å². The molecule has 5 nitrogen and oxygen atoms in total. The van der Waals surface area contributed by atoms with Gasteiger partial charge in [-0.3, -0.25) is 0 Å². The Balaban J connectivity index is 1.55. The van der Waals surface area contributed by atoms with Crippen LogP contribution in [0.5, 0.6) is 11.5 Å². The smallest absolute Gasteiger partial charge is 0.343 e. The van der Waals surface area contributed by atoms with Gasteiger partial charge < -0.3 is 18.9 Å². The minimum Gasteiger partial charge on any atom is -0.502 e. The van der Waals surface area contributed by atoms with Gasteiger partial charge in [0.05, 0.1) is 37.9 Å². The summed E-state index contributed by atoms with van der Waals surface area (Å²) in [6.45, 7) is 9.13. The number of rotatable bonds is 20. The number of hydrogen-bond acceptors (Lipinski definition) is 5. The van der Waals surface area contributed by atoms with Gasteiger partial charge in [-0.05, 0) is 54.8 Å². The van der Waals surface area contributed by atoms with E-state index >= 15 is 0 Å². The van der Waals surface area contributed by atoms with E-state index in [1.165, 1.54) is 57.5 Å². The van der Waals surface area contributed by atoms with Crippen molar-refractivity contribution in [3.05, 3.63) is 85.3 Å². The van der Waals surface area contributed by atoms with Crippen LogP contribution in [-0.2, 0) is 15.9 Å². The minimum atomic E-state index is -0.385. The average molecular weight is 481 g/mol. The molecule has 0 bridgehead atoms. The summed E-state index contributed by atoms with van der Waals surface area (Å²) in [5.74, 6) is 0.902. The molecule has 0 unspecified atom stereocenters. The molecule has 0 aromatic heterocycles. The molecule has 0 saturated carbocycles. The molecule has 0 spiro atoms. The molecule has 0 atom stereocenters. The van der Waals surface area contributed by atoms with Crippen molar-refractivity contribution in [2.45, 2.75) is 64.2 Å². The van der Waals surface area contributed by atoms with E-state index < -0.39 is 0 Å². The number of carbonyl (C=O) groups is 1. The molecular weight excluding hydrogens is 440 g/mol. The van der Waals surface area contributed by atoms with Crippen LogP contribution >= 0.6 is 0 Å². The molecule has 0 fully saturated rings. The molecule has 0 heterocycles. The Labute approximate surface area is 210 Å². The summed E-state index contributed by atoms with van der Waals surface area (Å²) in [5.41, 5.74) is 1.60. The molecule has 2 rings (SSSR count). The summed E-state index contributed by atoms with van der Waals surface area (Å²) in [4.78, 5) is 12.4. The Morgan fingerprint density at radius 3 is 1.74 bits per heavy atom. The predicted octanol–water partition coefficient (Wildman–Crippen LogP) is 7.66. The van der Waals surface area contributed by atoms with Crippen LogP contribution in [0.2, 0.25) is 0 Å². The van der Waals surface area contributed by atoms with Gasteiger partial charge in [-0.25, -0.2) is 4.79 Å². The fourth-order valence-electron chi connectivity index (χ4n) is 3.64. The van der Waals surface area contributed by atoms with E-state index in [9.17, 15) is 4.79 Å². The zero-order chi connectivity index (χ0) is 25.0. The van der Waals surface area contributed by atoms with Crippen molar-refractivity contribution < 1.29 is 23.7 Å². The Kier molecular flexibility index (Phi) is 14.5. The average Bonchev–Trinajstić information content (AvgIpc) is 2.88. The predicted molar refractivity (Wildman–Crippen MR) is 141 cm³/mol. The number of carbonyl (C=O) groups excluding carboxylic acids is 1. The first kappa shape index (κ1) is 28.0. The quantitative estimate of drug-likeness (QED) is 0.0843. The summed E-state index contributed by atoms with van der Waals surface area (Å²) in [5, 5.41) is 0. The van der Waals surface area contributed by atoms with E-state index in [0.717, 1.165) is 37.2 Å². The van der Waals surface area contributed by atoms with E-state index in [-0.39, 0.29) is 5.97 Å². The lowest BCUT2D eigenvalue weighted by Gasteiger charge is -2.08. The van der Waals surface area contributed by atoms with Crippen molar-refractivity contribution in [3.8, 4) is 11.5 Å². The van der Waals surface area contributed by atoms with Crippen LogP contribution in [0, 0.1) is 0 Å². The molecule has 0 amide bonds. The Bertz CT molecular complexity index is 842. The third kappa shape index (κ3) is 12.7. The fraction of sp³-hybridized carbons (Fsp3) is 0.433. The molecule has 0 radical (unpaired) electrons. The molecule has 0 aliphatic heterocycles. The van der Waals surface area contributed by atoms with E-state index in [0.29, 0.717) is 24.5 Å². The maximum absolute atomic E-state index is 12.4. The van der Waals surface area contributed by atoms with Crippen LogP contribution in [0.1, 0.15) is 73.7 Å².